The Bertz CT molecular complexity index is 970. The number of hydrogen-bond donors (Lipinski definition) is 2. The van der Waals surface area contributed by atoms with Crippen LogP contribution in [-0.4, -0.2) is 22.0 Å². The number of benzene rings is 1. The number of nitrogens with zero attached hydrogens (tertiary/aromatic N) is 2. The zero-order chi connectivity index (χ0) is 19.6. The van der Waals surface area contributed by atoms with Gasteiger partial charge in [-0.1, -0.05) is 18.0 Å². The average Bonchev–Trinajstić information content (AvgIpc) is 3.44. The smallest absolute Gasteiger partial charge is 0.291 e. The van der Waals surface area contributed by atoms with Crippen molar-refractivity contribution >= 4 is 17.5 Å². The molecule has 8 nitrogen and oxygen atoms in total. The molecule has 3 aromatic rings. The summed E-state index contributed by atoms with van der Waals surface area (Å²) in [6, 6.07) is 9.91. The molecule has 0 radical (unpaired) electrons. The second-order valence-corrected chi connectivity index (χ2v) is 6.89. The Labute approximate surface area is 161 Å². The molecule has 0 atom stereocenters. The SMILES string of the molecule is Cc1nc(C2(NC(=O)c3ccc(NC(=O)c4ccco4)cc3)CCCC2)no1. The molecule has 4 rings (SSSR count). The van der Waals surface area contributed by atoms with Crippen LogP contribution >= 0.6 is 0 Å². The Morgan fingerprint density at radius 3 is 2.43 bits per heavy atom. The van der Waals surface area contributed by atoms with E-state index in [2.05, 4.69) is 20.8 Å². The summed E-state index contributed by atoms with van der Waals surface area (Å²) in [5, 5.41) is 9.85. The van der Waals surface area contributed by atoms with Gasteiger partial charge in [-0.15, -0.1) is 0 Å². The Hall–Kier alpha value is -3.42. The molecule has 1 fully saturated rings. The van der Waals surface area contributed by atoms with Gasteiger partial charge >= 0.3 is 0 Å². The van der Waals surface area contributed by atoms with Crippen LogP contribution < -0.4 is 10.6 Å². The third-order valence-corrected chi connectivity index (χ3v) is 4.92. The third kappa shape index (κ3) is 3.53. The highest BCUT2D eigenvalue weighted by Gasteiger charge is 2.41. The van der Waals surface area contributed by atoms with Crippen LogP contribution in [0.4, 0.5) is 5.69 Å². The summed E-state index contributed by atoms with van der Waals surface area (Å²) in [6.07, 6.45) is 4.97. The molecular formula is C20H20N4O4. The van der Waals surface area contributed by atoms with Gasteiger partial charge < -0.3 is 19.6 Å². The van der Waals surface area contributed by atoms with Gasteiger partial charge in [0.2, 0.25) is 5.89 Å². The molecule has 0 unspecified atom stereocenters. The molecule has 0 bridgehead atoms. The van der Waals surface area contributed by atoms with Crippen molar-refractivity contribution in [1.82, 2.24) is 15.5 Å². The predicted molar refractivity (Wildman–Crippen MR) is 99.8 cm³/mol. The Balaban J connectivity index is 1.46. The maximum absolute atomic E-state index is 12.8. The summed E-state index contributed by atoms with van der Waals surface area (Å²) in [7, 11) is 0. The van der Waals surface area contributed by atoms with E-state index in [1.54, 1.807) is 43.3 Å². The summed E-state index contributed by atoms with van der Waals surface area (Å²) in [5.74, 6) is 0.665. The number of carbonyl (C=O) groups is 2. The average molecular weight is 380 g/mol. The van der Waals surface area contributed by atoms with Crippen molar-refractivity contribution in [3.63, 3.8) is 0 Å². The largest absolute Gasteiger partial charge is 0.459 e. The van der Waals surface area contributed by atoms with E-state index in [0.29, 0.717) is 23.0 Å². The van der Waals surface area contributed by atoms with Crippen molar-refractivity contribution in [3.05, 3.63) is 65.7 Å². The van der Waals surface area contributed by atoms with Gasteiger partial charge in [-0.05, 0) is 49.2 Å². The minimum Gasteiger partial charge on any atom is -0.459 e. The summed E-state index contributed by atoms with van der Waals surface area (Å²) < 4.78 is 10.2. The number of amides is 2. The quantitative estimate of drug-likeness (QED) is 0.702. The number of hydrogen-bond acceptors (Lipinski definition) is 6. The van der Waals surface area contributed by atoms with Crippen LogP contribution in [0.2, 0.25) is 0 Å². The van der Waals surface area contributed by atoms with E-state index in [-0.39, 0.29) is 17.6 Å². The highest BCUT2D eigenvalue weighted by atomic mass is 16.5. The molecule has 144 valence electrons. The lowest BCUT2D eigenvalue weighted by Gasteiger charge is -2.26. The maximum Gasteiger partial charge on any atom is 0.291 e. The lowest BCUT2D eigenvalue weighted by molar-refractivity contribution is 0.0891. The molecular weight excluding hydrogens is 360 g/mol. The molecule has 2 N–H and O–H groups in total. The van der Waals surface area contributed by atoms with E-state index in [0.717, 1.165) is 25.7 Å². The van der Waals surface area contributed by atoms with Gasteiger partial charge in [0.25, 0.3) is 11.8 Å². The third-order valence-electron chi connectivity index (χ3n) is 4.92. The molecule has 1 aromatic carbocycles. The zero-order valence-electron chi connectivity index (χ0n) is 15.4. The molecule has 2 aromatic heterocycles. The standard InChI is InChI=1S/C20H20N4O4/c1-13-21-19(24-28-13)20(10-2-3-11-20)23-17(25)14-6-8-15(9-7-14)22-18(26)16-5-4-12-27-16/h4-9,12H,2-3,10-11H2,1H3,(H,22,26)(H,23,25). The first-order valence-corrected chi connectivity index (χ1v) is 9.14. The van der Waals surface area contributed by atoms with Crippen LogP contribution in [0, 0.1) is 6.92 Å². The fraction of sp³-hybridized carbons (Fsp3) is 0.300. The fourth-order valence-electron chi connectivity index (χ4n) is 3.47. The van der Waals surface area contributed by atoms with Crippen molar-refractivity contribution in [2.24, 2.45) is 0 Å². The molecule has 2 heterocycles. The molecule has 28 heavy (non-hydrogen) atoms. The lowest BCUT2D eigenvalue weighted by Crippen LogP contribution is -2.44. The number of nitrogens with one attached hydrogen (secondary N) is 2. The van der Waals surface area contributed by atoms with E-state index in [1.165, 1.54) is 6.26 Å². The Morgan fingerprint density at radius 1 is 1.07 bits per heavy atom. The van der Waals surface area contributed by atoms with Crippen LogP contribution in [0.25, 0.3) is 0 Å². The second-order valence-electron chi connectivity index (χ2n) is 6.89. The fourth-order valence-corrected chi connectivity index (χ4v) is 3.47. The second kappa shape index (κ2) is 7.30. The summed E-state index contributed by atoms with van der Waals surface area (Å²) in [4.78, 5) is 29.2. The first-order chi connectivity index (χ1) is 13.6. The first kappa shape index (κ1) is 18.0. The predicted octanol–water partition coefficient (Wildman–Crippen LogP) is 3.42. The molecule has 2 amide bonds. The molecule has 1 aliphatic carbocycles. The number of rotatable bonds is 5. The monoisotopic (exact) mass is 380 g/mol. The van der Waals surface area contributed by atoms with Crippen LogP contribution in [0.3, 0.4) is 0 Å². The molecule has 1 saturated carbocycles. The number of aryl methyl sites for hydroxylation is 1. The van der Waals surface area contributed by atoms with Crippen LogP contribution in [-0.2, 0) is 5.54 Å². The Kier molecular flexibility index (Phi) is 4.68. The van der Waals surface area contributed by atoms with E-state index in [1.807, 2.05) is 0 Å². The number of aromatic nitrogens is 2. The normalized spacial score (nSPS) is 15.3. The minimum atomic E-state index is -0.596. The van der Waals surface area contributed by atoms with Crippen molar-refractivity contribution < 1.29 is 18.5 Å². The van der Waals surface area contributed by atoms with Crippen LogP contribution in [0.15, 0.2) is 51.6 Å². The van der Waals surface area contributed by atoms with Crippen molar-refractivity contribution in [3.8, 4) is 0 Å². The topological polar surface area (TPSA) is 110 Å². The lowest BCUT2D eigenvalue weighted by atomic mass is 9.96. The molecule has 0 aliphatic heterocycles. The maximum atomic E-state index is 12.8. The number of carbonyl (C=O) groups excluding carboxylic acids is 2. The molecule has 0 spiro atoms. The molecule has 8 heteroatoms. The van der Waals surface area contributed by atoms with E-state index in [4.69, 9.17) is 8.94 Å². The van der Waals surface area contributed by atoms with E-state index >= 15 is 0 Å². The zero-order valence-corrected chi connectivity index (χ0v) is 15.4. The first-order valence-electron chi connectivity index (χ1n) is 9.14. The van der Waals surface area contributed by atoms with Gasteiger partial charge in [-0.2, -0.15) is 4.98 Å². The van der Waals surface area contributed by atoms with E-state index in [9.17, 15) is 9.59 Å². The number of anilines is 1. The minimum absolute atomic E-state index is 0.215. The highest BCUT2D eigenvalue weighted by molar-refractivity contribution is 6.02. The molecule has 1 aliphatic rings. The van der Waals surface area contributed by atoms with Gasteiger partial charge in [-0.25, -0.2) is 0 Å². The van der Waals surface area contributed by atoms with E-state index < -0.39 is 5.54 Å². The molecule has 0 saturated heterocycles. The summed E-state index contributed by atoms with van der Waals surface area (Å²) >= 11 is 0. The van der Waals surface area contributed by atoms with Crippen LogP contribution in [0.1, 0.15) is 58.3 Å². The summed E-state index contributed by atoms with van der Waals surface area (Å²) in [6.45, 7) is 1.73. The van der Waals surface area contributed by atoms with Crippen molar-refractivity contribution in [1.29, 1.82) is 0 Å². The Morgan fingerprint density at radius 2 is 1.82 bits per heavy atom. The number of furan rings is 1. The summed E-state index contributed by atoms with van der Waals surface area (Å²) in [5.41, 5.74) is 0.464. The van der Waals surface area contributed by atoms with Gasteiger partial charge in [0, 0.05) is 18.2 Å². The van der Waals surface area contributed by atoms with Crippen molar-refractivity contribution in [2.45, 2.75) is 38.1 Å². The van der Waals surface area contributed by atoms with Crippen molar-refractivity contribution in [2.75, 3.05) is 5.32 Å². The highest BCUT2D eigenvalue weighted by Crippen LogP contribution is 2.37. The van der Waals surface area contributed by atoms with Crippen LogP contribution in [0.5, 0.6) is 0 Å². The van der Waals surface area contributed by atoms with Gasteiger partial charge in [0.1, 0.15) is 5.54 Å². The van der Waals surface area contributed by atoms with Gasteiger partial charge in [-0.3, -0.25) is 9.59 Å². The van der Waals surface area contributed by atoms with Gasteiger partial charge in [0.15, 0.2) is 11.6 Å². The van der Waals surface area contributed by atoms with Gasteiger partial charge in [0.05, 0.1) is 6.26 Å².